The van der Waals surface area contributed by atoms with Gasteiger partial charge in [-0.15, -0.1) is 0 Å². The number of hydrogen-bond acceptors (Lipinski definition) is 8. The number of anilines is 1. The highest BCUT2D eigenvalue weighted by atomic mass is 16.6. The van der Waals surface area contributed by atoms with Gasteiger partial charge in [-0.25, -0.2) is 4.79 Å². The molecule has 1 unspecified atom stereocenters. The summed E-state index contributed by atoms with van der Waals surface area (Å²) < 4.78 is 10.8. The van der Waals surface area contributed by atoms with Gasteiger partial charge in [-0.1, -0.05) is 30.3 Å². The molecule has 2 aliphatic heterocycles. The number of rotatable bonds is 5. The zero-order chi connectivity index (χ0) is 21.6. The van der Waals surface area contributed by atoms with Crippen LogP contribution in [0.25, 0.3) is 0 Å². The van der Waals surface area contributed by atoms with Crippen LogP contribution in [-0.4, -0.2) is 60.3 Å². The number of methoxy groups -OCH3 is 1. The van der Waals surface area contributed by atoms with E-state index in [9.17, 15) is 10.1 Å². The van der Waals surface area contributed by atoms with E-state index in [0.717, 1.165) is 35.6 Å². The first-order valence-electron chi connectivity index (χ1n) is 10.4. The molecule has 0 spiro atoms. The molecular formula is C22H26N6O3. The minimum absolute atomic E-state index is 0.211. The lowest BCUT2D eigenvalue weighted by molar-refractivity contribution is 0.0767. The van der Waals surface area contributed by atoms with E-state index in [1.807, 2.05) is 30.3 Å². The van der Waals surface area contributed by atoms with Crippen molar-refractivity contribution in [2.75, 3.05) is 38.2 Å². The maximum atomic E-state index is 12.8. The second-order valence-corrected chi connectivity index (χ2v) is 7.58. The fourth-order valence-electron chi connectivity index (χ4n) is 4.04. The first-order chi connectivity index (χ1) is 15.2. The topological polar surface area (TPSA) is 104 Å². The van der Waals surface area contributed by atoms with Crippen LogP contribution >= 0.6 is 0 Å². The molecule has 9 heteroatoms. The first kappa shape index (κ1) is 20.9. The van der Waals surface area contributed by atoms with Gasteiger partial charge in [-0.05, 0) is 18.5 Å². The number of hydrogen-bond donors (Lipinski definition) is 1. The fraction of sp³-hybridized carbons (Fsp3) is 0.455. The molecule has 0 bridgehead atoms. The highest BCUT2D eigenvalue weighted by Crippen LogP contribution is 2.28. The van der Waals surface area contributed by atoms with E-state index in [1.54, 1.807) is 12.0 Å². The Kier molecular flexibility index (Phi) is 6.48. The number of piperazine rings is 1. The summed E-state index contributed by atoms with van der Waals surface area (Å²) in [5.74, 6) is 0.837. The third-order valence-electron chi connectivity index (χ3n) is 5.63. The zero-order valence-electron chi connectivity index (χ0n) is 17.6. The third kappa shape index (κ3) is 4.70. The second-order valence-electron chi connectivity index (χ2n) is 7.58. The van der Waals surface area contributed by atoms with Gasteiger partial charge in [0.2, 0.25) is 0 Å². The maximum absolute atomic E-state index is 12.8. The van der Waals surface area contributed by atoms with Gasteiger partial charge in [0.1, 0.15) is 12.4 Å². The standard InChI is InChI=1S/C22H26N6O3/c1-30-21-25-19-13-24-10-8-18(19)20(26-21)27-11-12-28(17(14-27)7-9-23)22(29)31-15-16-5-3-2-4-6-16/h2-6,17,24H,7-8,10-15H2,1H3. The highest BCUT2D eigenvalue weighted by Gasteiger charge is 2.34. The Labute approximate surface area is 181 Å². The van der Waals surface area contributed by atoms with Crippen molar-refractivity contribution in [3.05, 3.63) is 47.2 Å². The fourth-order valence-corrected chi connectivity index (χ4v) is 4.04. The van der Waals surface area contributed by atoms with Gasteiger partial charge in [0.15, 0.2) is 0 Å². The van der Waals surface area contributed by atoms with E-state index in [-0.39, 0.29) is 19.1 Å². The lowest BCUT2D eigenvalue weighted by atomic mass is 10.0. The Morgan fingerprint density at radius 1 is 1.29 bits per heavy atom. The van der Waals surface area contributed by atoms with Crippen LogP contribution in [0.2, 0.25) is 0 Å². The third-order valence-corrected chi connectivity index (χ3v) is 5.63. The minimum atomic E-state index is -0.393. The van der Waals surface area contributed by atoms with Crippen molar-refractivity contribution >= 4 is 11.9 Å². The normalized spacial score (nSPS) is 18.1. The SMILES string of the molecule is COc1nc2c(c(N3CCN(C(=O)OCc4ccccc4)C(CC#N)C3)n1)CCNC2. The maximum Gasteiger partial charge on any atom is 0.410 e. The first-order valence-corrected chi connectivity index (χ1v) is 10.4. The van der Waals surface area contributed by atoms with Crippen molar-refractivity contribution in [2.24, 2.45) is 0 Å². The number of ether oxygens (including phenoxy) is 2. The summed E-state index contributed by atoms with van der Waals surface area (Å²) in [6, 6.07) is 11.8. The van der Waals surface area contributed by atoms with Gasteiger partial charge < -0.3 is 24.6 Å². The van der Waals surface area contributed by atoms with Gasteiger partial charge >= 0.3 is 12.1 Å². The van der Waals surface area contributed by atoms with Crippen LogP contribution in [0.4, 0.5) is 10.6 Å². The largest absolute Gasteiger partial charge is 0.467 e. The Bertz CT molecular complexity index is 962. The number of aromatic nitrogens is 2. The molecule has 1 amide bonds. The summed E-state index contributed by atoms with van der Waals surface area (Å²) in [5.41, 5.74) is 2.98. The van der Waals surface area contributed by atoms with Crippen LogP contribution < -0.4 is 15.0 Å². The molecule has 4 rings (SSSR count). The van der Waals surface area contributed by atoms with Crippen molar-refractivity contribution < 1.29 is 14.3 Å². The van der Waals surface area contributed by atoms with E-state index in [1.165, 1.54) is 0 Å². The molecule has 1 N–H and O–H groups in total. The van der Waals surface area contributed by atoms with Gasteiger partial charge in [0.05, 0.1) is 31.3 Å². The minimum Gasteiger partial charge on any atom is -0.467 e. The monoisotopic (exact) mass is 422 g/mol. The lowest BCUT2D eigenvalue weighted by Crippen LogP contribution is -2.55. The van der Waals surface area contributed by atoms with Gasteiger partial charge in [-0.3, -0.25) is 0 Å². The van der Waals surface area contributed by atoms with E-state index >= 15 is 0 Å². The second kappa shape index (κ2) is 9.62. The molecular weight excluding hydrogens is 396 g/mol. The Hall–Kier alpha value is -3.38. The smallest absolute Gasteiger partial charge is 0.410 e. The molecule has 1 aromatic carbocycles. The number of fused-ring (bicyclic) bond motifs is 1. The molecule has 1 aromatic heterocycles. The van der Waals surface area contributed by atoms with E-state index in [0.29, 0.717) is 32.2 Å². The van der Waals surface area contributed by atoms with Crippen molar-refractivity contribution in [1.29, 1.82) is 5.26 Å². The van der Waals surface area contributed by atoms with Crippen LogP contribution in [0.3, 0.4) is 0 Å². The van der Waals surface area contributed by atoms with E-state index in [4.69, 9.17) is 9.47 Å². The van der Waals surface area contributed by atoms with Crippen LogP contribution in [0.15, 0.2) is 30.3 Å². The van der Waals surface area contributed by atoms with E-state index in [2.05, 4.69) is 26.3 Å². The summed E-state index contributed by atoms with van der Waals surface area (Å²) in [4.78, 5) is 25.6. The van der Waals surface area contributed by atoms with Crippen LogP contribution in [0, 0.1) is 11.3 Å². The molecule has 162 valence electrons. The summed E-state index contributed by atoms with van der Waals surface area (Å²) in [7, 11) is 1.56. The van der Waals surface area contributed by atoms with Gasteiger partial charge in [0.25, 0.3) is 0 Å². The van der Waals surface area contributed by atoms with Crippen LogP contribution in [0.1, 0.15) is 23.2 Å². The molecule has 1 atom stereocenters. The number of carbonyl (C=O) groups is 1. The van der Waals surface area contributed by atoms with Crippen molar-refractivity contribution in [3.8, 4) is 12.1 Å². The molecule has 0 radical (unpaired) electrons. The average molecular weight is 422 g/mol. The van der Waals surface area contributed by atoms with Crippen LogP contribution in [-0.2, 0) is 24.3 Å². The van der Waals surface area contributed by atoms with Crippen molar-refractivity contribution in [3.63, 3.8) is 0 Å². The zero-order valence-corrected chi connectivity index (χ0v) is 17.6. The Balaban J connectivity index is 1.49. The average Bonchev–Trinajstić information content (AvgIpc) is 2.82. The predicted molar refractivity (Wildman–Crippen MR) is 114 cm³/mol. The molecule has 0 saturated carbocycles. The molecule has 1 saturated heterocycles. The summed E-state index contributed by atoms with van der Waals surface area (Å²) in [6.45, 7) is 3.32. The number of carbonyl (C=O) groups excluding carboxylic acids is 1. The molecule has 31 heavy (non-hydrogen) atoms. The molecule has 2 aromatic rings. The predicted octanol–water partition coefficient (Wildman–Crippen LogP) is 1.87. The van der Waals surface area contributed by atoms with Crippen LogP contribution in [0.5, 0.6) is 6.01 Å². The van der Waals surface area contributed by atoms with Crippen molar-refractivity contribution in [1.82, 2.24) is 20.2 Å². The number of nitrogens with zero attached hydrogens (tertiary/aromatic N) is 5. The molecule has 9 nitrogen and oxygen atoms in total. The van der Waals surface area contributed by atoms with Gasteiger partial charge in [0, 0.05) is 31.7 Å². The number of amides is 1. The Morgan fingerprint density at radius 2 is 2.13 bits per heavy atom. The van der Waals surface area contributed by atoms with E-state index < -0.39 is 6.09 Å². The highest BCUT2D eigenvalue weighted by molar-refractivity contribution is 5.69. The van der Waals surface area contributed by atoms with Crippen molar-refractivity contribution in [2.45, 2.75) is 32.0 Å². The molecule has 3 heterocycles. The molecule has 1 fully saturated rings. The number of nitrogens with one attached hydrogen (secondary N) is 1. The quantitative estimate of drug-likeness (QED) is 0.779. The summed E-state index contributed by atoms with van der Waals surface area (Å²) >= 11 is 0. The number of nitriles is 1. The summed E-state index contributed by atoms with van der Waals surface area (Å²) in [5, 5.41) is 12.7. The summed E-state index contributed by atoms with van der Waals surface area (Å²) in [6.07, 6.45) is 0.662. The lowest BCUT2D eigenvalue weighted by Gasteiger charge is -2.41. The molecule has 0 aliphatic carbocycles. The van der Waals surface area contributed by atoms with Gasteiger partial charge in [-0.2, -0.15) is 15.2 Å². The number of benzene rings is 1. The molecule has 2 aliphatic rings. The Morgan fingerprint density at radius 3 is 2.90 bits per heavy atom.